The molecule has 4 nitrogen and oxygen atoms in total. The molecular weight excluding hydrogens is 351 g/mol. The molecule has 0 aliphatic heterocycles. The van der Waals surface area contributed by atoms with Crippen LogP contribution in [-0.2, 0) is 13.8 Å². The average Bonchev–Trinajstić information content (AvgIpc) is 2.18. The summed E-state index contributed by atoms with van der Waals surface area (Å²) in [5, 5.41) is 0. The second-order valence-corrected chi connectivity index (χ2v) is 6.99. The molecule has 0 aliphatic carbocycles. The molecule has 0 radical (unpaired) electrons. The normalized spacial score (nSPS) is 11.7. The quantitative estimate of drug-likeness (QED) is 0.615. The van der Waals surface area contributed by atoms with Crippen LogP contribution in [0, 0.1) is 5.82 Å². The van der Waals surface area contributed by atoms with Crippen LogP contribution in [0.25, 0.3) is 0 Å². The lowest BCUT2D eigenvalue weighted by molar-refractivity contribution is 0.0377. The van der Waals surface area contributed by atoms with E-state index in [1.165, 1.54) is 0 Å². The fraction of sp³-hybridized carbons (Fsp3) is 0.300. The van der Waals surface area contributed by atoms with Gasteiger partial charge in [-0.2, -0.15) is 0 Å². The van der Waals surface area contributed by atoms with Crippen LogP contribution in [0.4, 0.5) is 4.39 Å². The molecule has 0 fully saturated rings. The number of rotatable bonds is 3. The Morgan fingerprint density at radius 2 is 2.00 bits per heavy atom. The third-order valence-corrected chi connectivity index (χ3v) is 4.25. The highest BCUT2D eigenvalue weighted by atomic mass is 79.9. The fourth-order valence-corrected chi connectivity index (χ4v) is 3.23. The zero-order chi connectivity index (χ0) is 14.1. The minimum atomic E-state index is -4.16. The van der Waals surface area contributed by atoms with Gasteiger partial charge < -0.3 is 4.74 Å². The predicted molar refractivity (Wildman–Crippen MR) is 67.7 cm³/mol. The molecule has 0 unspecified atom stereocenters. The Bertz CT molecular complexity index is 586. The summed E-state index contributed by atoms with van der Waals surface area (Å²) in [5.74, 6) is -1.73. The molecule has 0 spiro atoms. The van der Waals surface area contributed by atoms with Gasteiger partial charge in [0.25, 0.3) is 9.05 Å². The van der Waals surface area contributed by atoms with Gasteiger partial charge in [-0.05, 0) is 41.9 Å². The van der Waals surface area contributed by atoms with Crippen LogP contribution in [-0.4, -0.2) is 20.5 Å². The average molecular weight is 360 g/mol. The second-order valence-electron chi connectivity index (χ2n) is 3.66. The minimum Gasteiger partial charge on any atom is -0.459 e. The number of hydrogen-bond donors (Lipinski definition) is 0. The Morgan fingerprint density at radius 3 is 2.44 bits per heavy atom. The molecule has 0 aromatic heterocycles. The van der Waals surface area contributed by atoms with Crippen molar-refractivity contribution in [2.24, 2.45) is 0 Å². The molecule has 0 atom stereocenters. The van der Waals surface area contributed by atoms with Crippen molar-refractivity contribution in [1.82, 2.24) is 0 Å². The maximum absolute atomic E-state index is 13.5. The van der Waals surface area contributed by atoms with Gasteiger partial charge >= 0.3 is 5.97 Å². The van der Waals surface area contributed by atoms with E-state index in [9.17, 15) is 17.6 Å². The SMILES string of the molecule is CC(C)OC(=O)c1cc(F)c(Br)c(S(=O)(=O)Cl)c1. The van der Waals surface area contributed by atoms with Crippen molar-refractivity contribution in [1.29, 1.82) is 0 Å². The van der Waals surface area contributed by atoms with Crippen LogP contribution >= 0.6 is 26.6 Å². The zero-order valence-electron chi connectivity index (χ0n) is 9.41. The summed E-state index contributed by atoms with van der Waals surface area (Å²) in [6, 6.07) is 1.83. The molecule has 1 aromatic rings. The smallest absolute Gasteiger partial charge is 0.338 e. The highest BCUT2D eigenvalue weighted by Gasteiger charge is 2.22. The Kier molecular flexibility index (Phi) is 4.74. The summed E-state index contributed by atoms with van der Waals surface area (Å²) in [5.41, 5.74) is -0.219. The van der Waals surface area contributed by atoms with Crippen LogP contribution < -0.4 is 0 Å². The van der Waals surface area contributed by atoms with Crippen molar-refractivity contribution in [2.75, 3.05) is 0 Å². The third kappa shape index (κ3) is 3.66. The maximum Gasteiger partial charge on any atom is 0.338 e. The molecule has 0 heterocycles. The first-order chi connectivity index (χ1) is 8.12. The molecular formula is C10H9BrClFO4S. The standard InChI is InChI=1S/C10H9BrClFO4S/c1-5(2)17-10(14)6-3-7(13)9(11)8(4-6)18(12,15)16/h3-5H,1-2H3. The predicted octanol–water partition coefficient (Wildman–Crippen LogP) is 3.08. The van der Waals surface area contributed by atoms with E-state index in [0.29, 0.717) is 0 Å². The first-order valence-corrected chi connectivity index (χ1v) is 7.88. The number of ether oxygens (including phenoxy) is 1. The van der Waals surface area contributed by atoms with Crippen LogP contribution in [0.2, 0.25) is 0 Å². The summed E-state index contributed by atoms with van der Waals surface area (Å²) in [7, 11) is 0.979. The molecule has 0 aliphatic rings. The third-order valence-electron chi connectivity index (χ3n) is 1.84. The highest BCUT2D eigenvalue weighted by molar-refractivity contribution is 9.10. The van der Waals surface area contributed by atoms with E-state index < -0.39 is 31.8 Å². The van der Waals surface area contributed by atoms with E-state index in [1.54, 1.807) is 13.8 Å². The maximum atomic E-state index is 13.5. The van der Waals surface area contributed by atoms with Gasteiger partial charge in [-0.15, -0.1) is 0 Å². The molecule has 1 aromatic carbocycles. The Balaban J connectivity index is 3.34. The second kappa shape index (κ2) is 5.54. The van der Waals surface area contributed by atoms with Gasteiger partial charge in [-0.3, -0.25) is 0 Å². The summed E-state index contributed by atoms with van der Waals surface area (Å²) in [6.45, 7) is 3.23. The van der Waals surface area contributed by atoms with Gasteiger partial charge in [0.2, 0.25) is 0 Å². The van der Waals surface area contributed by atoms with Crippen LogP contribution in [0.3, 0.4) is 0 Å². The van der Waals surface area contributed by atoms with Crippen LogP contribution in [0.15, 0.2) is 21.5 Å². The zero-order valence-corrected chi connectivity index (χ0v) is 12.6. The van der Waals surface area contributed by atoms with Gasteiger partial charge in [0.15, 0.2) is 0 Å². The largest absolute Gasteiger partial charge is 0.459 e. The van der Waals surface area contributed by atoms with Crippen molar-refractivity contribution in [3.63, 3.8) is 0 Å². The van der Waals surface area contributed by atoms with Crippen molar-refractivity contribution in [3.8, 4) is 0 Å². The lowest BCUT2D eigenvalue weighted by Gasteiger charge is -2.09. The molecule has 0 saturated carbocycles. The molecule has 0 amide bonds. The van der Waals surface area contributed by atoms with Crippen molar-refractivity contribution in [2.45, 2.75) is 24.8 Å². The number of esters is 1. The minimum absolute atomic E-state index is 0.219. The lowest BCUT2D eigenvalue weighted by atomic mass is 10.2. The lowest BCUT2D eigenvalue weighted by Crippen LogP contribution is -2.12. The molecule has 0 N–H and O–H groups in total. The molecule has 0 bridgehead atoms. The van der Waals surface area contributed by atoms with Crippen molar-refractivity contribution >= 4 is 41.6 Å². The summed E-state index contributed by atoms with van der Waals surface area (Å²) in [4.78, 5) is 11.0. The van der Waals surface area contributed by atoms with E-state index in [-0.39, 0.29) is 10.0 Å². The number of hydrogen-bond acceptors (Lipinski definition) is 4. The number of carbonyl (C=O) groups is 1. The molecule has 18 heavy (non-hydrogen) atoms. The monoisotopic (exact) mass is 358 g/mol. The topological polar surface area (TPSA) is 60.4 Å². The Labute approximate surface area is 117 Å². The molecule has 100 valence electrons. The number of halogens is 3. The van der Waals surface area contributed by atoms with Crippen LogP contribution in [0.1, 0.15) is 24.2 Å². The van der Waals surface area contributed by atoms with Gasteiger partial charge in [0, 0.05) is 10.7 Å². The van der Waals surface area contributed by atoms with Crippen molar-refractivity contribution in [3.05, 3.63) is 28.0 Å². The van der Waals surface area contributed by atoms with E-state index in [1.807, 2.05) is 0 Å². The highest BCUT2D eigenvalue weighted by Crippen LogP contribution is 2.29. The first-order valence-electron chi connectivity index (χ1n) is 4.77. The summed E-state index contributed by atoms with van der Waals surface area (Å²) < 4.78 is 40.4. The molecule has 0 saturated heterocycles. The Morgan fingerprint density at radius 1 is 1.44 bits per heavy atom. The van der Waals surface area contributed by atoms with E-state index in [0.717, 1.165) is 12.1 Å². The fourth-order valence-electron chi connectivity index (χ4n) is 1.14. The van der Waals surface area contributed by atoms with Gasteiger partial charge in [0.05, 0.1) is 16.1 Å². The summed E-state index contributed by atoms with van der Waals surface area (Å²) in [6.07, 6.45) is -0.403. The van der Waals surface area contributed by atoms with Gasteiger partial charge in [-0.1, -0.05) is 0 Å². The van der Waals surface area contributed by atoms with Gasteiger partial charge in [-0.25, -0.2) is 17.6 Å². The van der Waals surface area contributed by atoms with Crippen LogP contribution in [0.5, 0.6) is 0 Å². The number of carbonyl (C=O) groups excluding carboxylic acids is 1. The van der Waals surface area contributed by atoms with Gasteiger partial charge in [0.1, 0.15) is 10.7 Å². The molecule has 8 heteroatoms. The van der Waals surface area contributed by atoms with E-state index >= 15 is 0 Å². The Hall–Kier alpha value is -0.660. The number of benzene rings is 1. The van der Waals surface area contributed by atoms with Crippen molar-refractivity contribution < 1.29 is 22.3 Å². The first kappa shape index (κ1) is 15.4. The molecule has 1 rings (SSSR count). The van der Waals surface area contributed by atoms with E-state index in [2.05, 4.69) is 15.9 Å². The van der Waals surface area contributed by atoms with E-state index in [4.69, 9.17) is 15.4 Å². The summed E-state index contributed by atoms with van der Waals surface area (Å²) >= 11 is 2.76.